The molecule has 11 atom stereocenters. The van der Waals surface area contributed by atoms with Gasteiger partial charge in [0.15, 0.2) is 23.6 Å². The van der Waals surface area contributed by atoms with Gasteiger partial charge in [-0.05, 0) is 13.0 Å². The second-order valence-electron chi connectivity index (χ2n) is 10.6. The fourth-order valence-corrected chi connectivity index (χ4v) is 5.15. The molecule has 10 N–H and O–H groups in total. The maximum absolute atomic E-state index is 12.8. The van der Waals surface area contributed by atoms with Crippen molar-refractivity contribution >= 4 is 5.78 Å². The Morgan fingerprint density at radius 1 is 0.791 bits per heavy atom. The molecule has 0 saturated carbocycles. The Kier molecular flexibility index (Phi) is 8.59. The molecule has 0 unspecified atom stereocenters. The number of ketones is 1. The quantitative estimate of drug-likeness (QED) is 0.128. The van der Waals surface area contributed by atoms with E-state index in [0.717, 1.165) is 24.3 Å². The standard InChI is InChI=1S/C27H32O16/c1-8-19(32)22(35)24(37)26(40-8)39-7-17-21(34)23(36)25(38)27(43-17)41-10-4-12(29)18-13(30)6-15(42-16(18)5-10)11-2-9(28)3-14(31)20(11)33/h2-5,8,15,17,19,21-29,31-38H,6-7H2,1H3/t8-,15-,17-,19-,21-,22-,23-,24+,25-,26+,27-/m0/s1. The van der Waals surface area contributed by atoms with Crippen LogP contribution in [0.2, 0.25) is 0 Å². The smallest absolute Gasteiger partial charge is 0.229 e. The third-order valence-electron chi connectivity index (χ3n) is 7.58. The number of fused-ring (bicyclic) bond motifs is 1. The molecule has 16 heteroatoms. The van der Waals surface area contributed by atoms with Gasteiger partial charge in [-0.15, -0.1) is 0 Å². The minimum Gasteiger partial charge on any atom is -0.508 e. The first-order chi connectivity index (χ1) is 20.3. The van der Waals surface area contributed by atoms with E-state index in [9.17, 15) is 55.9 Å². The van der Waals surface area contributed by atoms with Crippen molar-refractivity contribution in [2.75, 3.05) is 6.61 Å². The molecule has 2 fully saturated rings. The number of ether oxygens (including phenoxy) is 5. The molecule has 2 aromatic rings. The van der Waals surface area contributed by atoms with Gasteiger partial charge >= 0.3 is 0 Å². The van der Waals surface area contributed by atoms with Gasteiger partial charge in [0.05, 0.1) is 19.1 Å². The number of benzene rings is 2. The Bertz CT molecular complexity index is 1350. The zero-order valence-electron chi connectivity index (χ0n) is 22.5. The van der Waals surface area contributed by atoms with Crippen LogP contribution < -0.4 is 9.47 Å². The molecule has 16 nitrogen and oxygen atoms in total. The Balaban J connectivity index is 1.32. The number of hydrogen-bond acceptors (Lipinski definition) is 16. The maximum Gasteiger partial charge on any atom is 0.229 e. The summed E-state index contributed by atoms with van der Waals surface area (Å²) >= 11 is 0. The number of aromatic hydroxyl groups is 4. The summed E-state index contributed by atoms with van der Waals surface area (Å²) in [5, 5.41) is 102. The number of aliphatic hydroxyl groups excluding tert-OH is 6. The Morgan fingerprint density at radius 3 is 2.19 bits per heavy atom. The summed E-state index contributed by atoms with van der Waals surface area (Å²) in [6.07, 6.45) is -16.8. The number of hydrogen-bond donors (Lipinski definition) is 10. The molecule has 0 radical (unpaired) electrons. The SMILES string of the molecule is C[C@@H]1O[C@@H](OC[C@@H]2O[C@H](Oc3cc(O)c4c(c3)O[C@H](c3cc(O)cc(O)c3O)CC4=O)[C@@H](O)[C@@H](O)[C@H]2O)[C@H](O)[C@@H](O)[C@H]1O. The Labute approximate surface area is 243 Å². The third-order valence-corrected chi connectivity index (χ3v) is 7.58. The predicted octanol–water partition coefficient (Wildman–Crippen LogP) is -1.75. The van der Waals surface area contributed by atoms with Crippen LogP contribution in [0.3, 0.4) is 0 Å². The van der Waals surface area contributed by atoms with Gasteiger partial charge in [0.2, 0.25) is 6.29 Å². The maximum atomic E-state index is 12.8. The van der Waals surface area contributed by atoms with Crippen molar-refractivity contribution in [2.24, 2.45) is 0 Å². The summed E-state index contributed by atoms with van der Waals surface area (Å²) < 4.78 is 27.8. The first-order valence-corrected chi connectivity index (χ1v) is 13.3. The van der Waals surface area contributed by atoms with E-state index in [1.165, 1.54) is 6.92 Å². The summed E-state index contributed by atoms with van der Waals surface area (Å²) in [7, 11) is 0. The first kappa shape index (κ1) is 31.0. The van der Waals surface area contributed by atoms with E-state index in [1.807, 2.05) is 0 Å². The van der Waals surface area contributed by atoms with Crippen LogP contribution in [0.5, 0.6) is 34.5 Å². The van der Waals surface area contributed by atoms with Crippen LogP contribution in [0.1, 0.15) is 35.4 Å². The molecule has 0 aromatic heterocycles. The highest BCUT2D eigenvalue weighted by molar-refractivity contribution is 6.02. The van der Waals surface area contributed by atoms with Gasteiger partial charge < -0.3 is 74.7 Å². The van der Waals surface area contributed by atoms with Gasteiger partial charge in [0.25, 0.3) is 0 Å². The minimum atomic E-state index is -1.82. The van der Waals surface area contributed by atoms with Gasteiger partial charge in [0.1, 0.15) is 77.4 Å². The highest BCUT2D eigenvalue weighted by Crippen LogP contribution is 2.46. The van der Waals surface area contributed by atoms with Crippen LogP contribution in [0.25, 0.3) is 0 Å². The highest BCUT2D eigenvalue weighted by atomic mass is 16.7. The summed E-state index contributed by atoms with van der Waals surface area (Å²) in [6.45, 7) is 0.910. The summed E-state index contributed by atoms with van der Waals surface area (Å²) in [6, 6.07) is 4.18. The molecule has 3 aliphatic rings. The van der Waals surface area contributed by atoms with Crippen molar-refractivity contribution in [1.82, 2.24) is 0 Å². The summed E-state index contributed by atoms with van der Waals surface area (Å²) in [5.74, 6) is -3.25. The van der Waals surface area contributed by atoms with E-state index < -0.39 is 103 Å². The lowest BCUT2D eigenvalue weighted by Crippen LogP contribution is -2.61. The fraction of sp³-hybridized carbons (Fsp3) is 0.519. The highest BCUT2D eigenvalue weighted by Gasteiger charge is 2.47. The molecule has 0 bridgehead atoms. The van der Waals surface area contributed by atoms with Crippen molar-refractivity contribution in [2.45, 2.75) is 80.9 Å². The lowest BCUT2D eigenvalue weighted by atomic mass is 9.94. The fourth-order valence-electron chi connectivity index (χ4n) is 5.15. The molecule has 3 heterocycles. The number of carbonyl (C=O) groups is 1. The first-order valence-electron chi connectivity index (χ1n) is 13.3. The van der Waals surface area contributed by atoms with Crippen molar-refractivity contribution in [1.29, 1.82) is 0 Å². The second kappa shape index (κ2) is 11.9. The lowest BCUT2D eigenvalue weighted by molar-refractivity contribution is -0.318. The zero-order chi connectivity index (χ0) is 31.3. The van der Waals surface area contributed by atoms with Crippen LogP contribution >= 0.6 is 0 Å². The van der Waals surface area contributed by atoms with Crippen molar-refractivity contribution in [3.8, 4) is 34.5 Å². The molecular weight excluding hydrogens is 580 g/mol. The number of Topliss-reactive ketones (excluding diaryl/α,β-unsaturated/α-hetero) is 1. The van der Waals surface area contributed by atoms with Crippen LogP contribution in [-0.4, -0.2) is 125 Å². The number of aliphatic hydroxyl groups is 6. The van der Waals surface area contributed by atoms with E-state index in [2.05, 4.69) is 0 Å². The molecule has 2 aromatic carbocycles. The average Bonchev–Trinajstić information content (AvgIpc) is 2.95. The molecule has 0 spiro atoms. The third kappa shape index (κ3) is 5.88. The minimum absolute atomic E-state index is 0.100. The van der Waals surface area contributed by atoms with Gasteiger partial charge in [0, 0.05) is 23.8 Å². The molecule has 43 heavy (non-hydrogen) atoms. The molecule has 3 aliphatic heterocycles. The van der Waals surface area contributed by atoms with Crippen LogP contribution in [0, 0.1) is 0 Å². The van der Waals surface area contributed by atoms with Gasteiger partial charge in [-0.1, -0.05) is 0 Å². The molecule has 5 rings (SSSR count). The topological polar surface area (TPSA) is 266 Å². The summed E-state index contributed by atoms with van der Waals surface area (Å²) in [5.41, 5.74) is -0.316. The molecule has 0 aliphatic carbocycles. The van der Waals surface area contributed by atoms with Crippen molar-refractivity contribution in [3.05, 3.63) is 35.4 Å². The molecule has 2 saturated heterocycles. The van der Waals surface area contributed by atoms with Crippen LogP contribution in [0.15, 0.2) is 24.3 Å². The predicted molar refractivity (Wildman–Crippen MR) is 137 cm³/mol. The van der Waals surface area contributed by atoms with Crippen LogP contribution in [0.4, 0.5) is 0 Å². The van der Waals surface area contributed by atoms with Crippen molar-refractivity contribution < 1.29 is 79.5 Å². The zero-order valence-corrected chi connectivity index (χ0v) is 22.5. The Morgan fingerprint density at radius 2 is 1.47 bits per heavy atom. The van der Waals surface area contributed by atoms with Gasteiger partial charge in [-0.3, -0.25) is 4.79 Å². The monoisotopic (exact) mass is 612 g/mol. The average molecular weight is 613 g/mol. The number of phenols is 4. The largest absolute Gasteiger partial charge is 0.508 e. The number of phenolic OH excluding ortho intramolecular Hbond substituents is 4. The van der Waals surface area contributed by atoms with Crippen LogP contribution in [-0.2, 0) is 14.2 Å². The number of carbonyl (C=O) groups excluding carboxylic acids is 1. The van der Waals surface area contributed by atoms with Crippen molar-refractivity contribution in [3.63, 3.8) is 0 Å². The lowest BCUT2D eigenvalue weighted by Gasteiger charge is -2.42. The van der Waals surface area contributed by atoms with E-state index in [0.29, 0.717) is 0 Å². The van der Waals surface area contributed by atoms with Gasteiger partial charge in [-0.25, -0.2) is 0 Å². The Hall–Kier alpha value is -3.45. The van der Waals surface area contributed by atoms with Gasteiger partial charge in [-0.2, -0.15) is 0 Å². The van der Waals surface area contributed by atoms with E-state index in [1.54, 1.807) is 0 Å². The summed E-state index contributed by atoms with van der Waals surface area (Å²) in [4.78, 5) is 12.8. The number of rotatable bonds is 6. The van der Waals surface area contributed by atoms with E-state index >= 15 is 0 Å². The van der Waals surface area contributed by atoms with E-state index in [-0.39, 0.29) is 29.0 Å². The molecular formula is C27H32O16. The normalized spacial score (nSPS) is 36.1. The second-order valence-corrected chi connectivity index (χ2v) is 10.6. The molecule has 236 valence electrons. The molecule has 0 amide bonds. The van der Waals surface area contributed by atoms with E-state index in [4.69, 9.17) is 23.7 Å².